The molecule has 0 saturated carbocycles. The van der Waals surface area contributed by atoms with E-state index in [0.717, 1.165) is 32.7 Å². The lowest BCUT2D eigenvalue weighted by Crippen LogP contribution is -2.53. The van der Waals surface area contributed by atoms with Crippen molar-refractivity contribution >= 4 is 17.7 Å². The highest BCUT2D eigenvalue weighted by Crippen LogP contribution is 2.20. The van der Waals surface area contributed by atoms with Gasteiger partial charge in [-0.1, -0.05) is 30.3 Å². The van der Waals surface area contributed by atoms with Gasteiger partial charge in [0.05, 0.1) is 0 Å². The lowest BCUT2D eigenvalue weighted by molar-refractivity contribution is -0.139. The number of rotatable bonds is 7. The maximum atomic E-state index is 12.6. The van der Waals surface area contributed by atoms with E-state index in [1.54, 1.807) is 24.3 Å². The van der Waals surface area contributed by atoms with Crippen LogP contribution in [0.3, 0.4) is 0 Å². The number of aliphatic carboxylic acids is 1. The summed E-state index contributed by atoms with van der Waals surface area (Å²) in [7, 11) is 0. The molecule has 4 rings (SSSR count). The number of carboxylic acid groups (broad SMARTS) is 1. The number of benzene rings is 2. The van der Waals surface area contributed by atoms with Crippen molar-refractivity contribution in [2.24, 2.45) is 0 Å². The van der Waals surface area contributed by atoms with E-state index in [4.69, 9.17) is 9.84 Å². The standard InChI is InChI=1S/C24H30N4O4/c29-23(30)18-32-22-8-6-20(7-9-22)25-24(31)28-14-12-27(13-15-28)21-10-11-26(17-21)16-19-4-2-1-3-5-19/h1-9,21H,10-18H2,(H,25,31)(H,29,30). The molecule has 0 aromatic heterocycles. The van der Waals surface area contributed by atoms with Crippen LogP contribution < -0.4 is 10.1 Å². The lowest BCUT2D eigenvalue weighted by Gasteiger charge is -2.38. The Labute approximate surface area is 188 Å². The quantitative estimate of drug-likeness (QED) is 0.691. The van der Waals surface area contributed by atoms with Crippen molar-refractivity contribution in [1.29, 1.82) is 0 Å². The third kappa shape index (κ3) is 5.99. The summed E-state index contributed by atoms with van der Waals surface area (Å²) >= 11 is 0. The molecule has 1 atom stereocenters. The van der Waals surface area contributed by atoms with Gasteiger partial charge in [0.1, 0.15) is 5.75 Å². The number of anilines is 1. The molecule has 2 aliphatic heterocycles. The number of urea groups is 1. The molecule has 2 amide bonds. The SMILES string of the molecule is O=C(O)COc1ccc(NC(=O)N2CCN(C3CCN(Cc4ccccc4)C3)CC2)cc1. The molecule has 0 bridgehead atoms. The van der Waals surface area contributed by atoms with Gasteiger partial charge in [-0.25, -0.2) is 9.59 Å². The Morgan fingerprint density at radius 2 is 1.69 bits per heavy atom. The van der Waals surface area contributed by atoms with E-state index in [1.165, 1.54) is 12.0 Å². The molecule has 0 spiro atoms. The molecule has 0 aliphatic carbocycles. The van der Waals surface area contributed by atoms with Crippen molar-refractivity contribution in [3.63, 3.8) is 0 Å². The first kappa shape index (κ1) is 22.1. The number of piperazine rings is 1. The van der Waals surface area contributed by atoms with Gasteiger partial charge in [0.2, 0.25) is 0 Å². The summed E-state index contributed by atoms with van der Waals surface area (Å²) < 4.78 is 5.11. The van der Waals surface area contributed by atoms with E-state index in [-0.39, 0.29) is 12.6 Å². The Morgan fingerprint density at radius 1 is 0.969 bits per heavy atom. The van der Waals surface area contributed by atoms with Gasteiger partial charge in [-0.05, 0) is 36.2 Å². The third-order valence-corrected chi connectivity index (χ3v) is 6.08. The first-order valence-corrected chi connectivity index (χ1v) is 11.1. The summed E-state index contributed by atoms with van der Waals surface area (Å²) in [6.45, 7) is 6.00. The lowest BCUT2D eigenvalue weighted by atomic mass is 10.2. The molecule has 32 heavy (non-hydrogen) atoms. The zero-order valence-corrected chi connectivity index (χ0v) is 18.2. The van der Waals surface area contributed by atoms with Crippen LogP contribution in [0.1, 0.15) is 12.0 Å². The number of carboxylic acids is 1. The molecular formula is C24H30N4O4. The Bertz CT molecular complexity index is 898. The summed E-state index contributed by atoms with van der Waals surface area (Å²) in [6, 6.07) is 17.8. The normalized spacial score (nSPS) is 19.6. The summed E-state index contributed by atoms with van der Waals surface area (Å²) in [4.78, 5) is 30.1. The Balaban J connectivity index is 1.20. The fourth-order valence-corrected chi connectivity index (χ4v) is 4.37. The van der Waals surface area contributed by atoms with E-state index in [0.29, 0.717) is 30.6 Å². The zero-order valence-electron chi connectivity index (χ0n) is 18.2. The Hall–Kier alpha value is -3.10. The number of ether oxygens (including phenoxy) is 1. The van der Waals surface area contributed by atoms with E-state index in [2.05, 4.69) is 45.4 Å². The van der Waals surface area contributed by atoms with Gasteiger partial charge >= 0.3 is 12.0 Å². The monoisotopic (exact) mass is 438 g/mol. The summed E-state index contributed by atoms with van der Waals surface area (Å²) in [5.74, 6) is -0.570. The highest BCUT2D eigenvalue weighted by molar-refractivity contribution is 5.89. The first-order chi connectivity index (χ1) is 15.6. The number of nitrogens with zero attached hydrogens (tertiary/aromatic N) is 3. The topological polar surface area (TPSA) is 85.3 Å². The average molecular weight is 439 g/mol. The maximum absolute atomic E-state index is 12.6. The van der Waals surface area contributed by atoms with Crippen LogP contribution in [0.4, 0.5) is 10.5 Å². The zero-order chi connectivity index (χ0) is 22.3. The van der Waals surface area contributed by atoms with Gasteiger partial charge in [-0.2, -0.15) is 0 Å². The molecule has 8 heteroatoms. The Kier molecular flexibility index (Phi) is 7.24. The number of hydrogen-bond donors (Lipinski definition) is 2. The van der Waals surface area contributed by atoms with Crippen LogP contribution in [-0.2, 0) is 11.3 Å². The molecule has 170 valence electrons. The van der Waals surface area contributed by atoms with Gasteiger partial charge in [0.25, 0.3) is 0 Å². The van der Waals surface area contributed by atoms with Gasteiger partial charge in [0, 0.05) is 57.5 Å². The highest BCUT2D eigenvalue weighted by atomic mass is 16.5. The number of carbonyl (C=O) groups excluding carboxylic acids is 1. The van der Waals surface area contributed by atoms with E-state index < -0.39 is 5.97 Å². The second-order valence-corrected chi connectivity index (χ2v) is 8.32. The van der Waals surface area contributed by atoms with E-state index >= 15 is 0 Å². The van der Waals surface area contributed by atoms with Crippen LogP contribution in [0.5, 0.6) is 5.75 Å². The van der Waals surface area contributed by atoms with Crippen LogP contribution in [0.25, 0.3) is 0 Å². The molecule has 0 radical (unpaired) electrons. The number of amides is 2. The van der Waals surface area contributed by atoms with Gasteiger partial charge in [-0.3, -0.25) is 9.80 Å². The first-order valence-electron chi connectivity index (χ1n) is 11.1. The van der Waals surface area contributed by atoms with Crippen molar-refractivity contribution in [2.75, 3.05) is 51.2 Å². The van der Waals surface area contributed by atoms with Gasteiger partial charge < -0.3 is 20.1 Å². The molecule has 2 aromatic rings. The minimum absolute atomic E-state index is 0.110. The van der Waals surface area contributed by atoms with Gasteiger partial charge in [-0.15, -0.1) is 0 Å². The highest BCUT2D eigenvalue weighted by Gasteiger charge is 2.31. The third-order valence-electron chi connectivity index (χ3n) is 6.08. The molecular weight excluding hydrogens is 408 g/mol. The van der Waals surface area contributed by atoms with E-state index in [1.807, 2.05) is 4.90 Å². The van der Waals surface area contributed by atoms with Gasteiger partial charge in [0.15, 0.2) is 6.61 Å². The summed E-state index contributed by atoms with van der Waals surface area (Å²) in [5.41, 5.74) is 2.02. The van der Waals surface area contributed by atoms with E-state index in [9.17, 15) is 9.59 Å². The molecule has 1 unspecified atom stereocenters. The fraction of sp³-hybridized carbons (Fsp3) is 0.417. The second-order valence-electron chi connectivity index (χ2n) is 8.32. The van der Waals surface area contributed by atoms with Crippen LogP contribution in [0.2, 0.25) is 0 Å². The average Bonchev–Trinajstić information content (AvgIpc) is 3.28. The predicted molar refractivity (Wildman–Crippen MR) is 122 cm³/mol. The summed E-state index contributed by atoms with van der Waals surface area (Å²) in [6.07, 6.45) is 1.18. The smallest absolute Gasteiger partial charge is 0.341 e. The van der Waals surface area contributed by atoms with Crippen molar-refractivity contribution in [1.82, 2.24) is 14.7 Å². The Morgan fingerprint density at radius 3 is 2.38 bits per heavy atom. The van der Waals surface area contributed by atoms with Crippen LogP contribution in [0, 0.1) is 0 Å². The number of likely N-dealkylation sites (tertiary alicyclic amines) is 1. The largest absolute Gasteiger partial charge is 0.482 e. The molecule has 2 fully saturated rings. The molecule has 2 aromatic carbocycles. The van der Waals surface area contributed by atoms with Crippen molar-refractivity contribution < 1.29 is 19.4 Å². The molecule has 8 nitrogen and oxygen atoms in total. The van der Waals surface area contributed by atoms with Crippen LogP contribution >= 0.6 is 0 Å². The van der Waals surface area contributed by atoms with Crippen molar-refractivity contribution in [3.8, 4) is 5.75 Å². The molecule has 2 N–H and O–H groups in total. The van der Waals surface area contributed by atoms with Crippen molar-refractivity contribution in [3.05, 3.63) is 60.2 Å². The number of carbonyl (C=O) groups is 2. The number of hydrogen-bond acceptors (Lipinski definition) is 5. The fourth-order valence-electron chi connectivity index (χ4n) is 4.37. The molecule has 2 heterocycles. The van der Waals surface area contributed by atoms with Crippen LogP contribution in [0.15, 0.2) is 54.6 Å². The second kappa shape index (κ2) is 10.5. The predicted octanol–water partition coefficient (Wildman–Crippen LogP) is 2.57. The minimum atomic E-state index is -1.02. The minimum Gasteiger partial charge on any atom is -0.482 e. The van der Waals surface area contributed by atoms with Crippen molar-refractivity contribution in [2.45, 2.75) is 19.0 Å². The maximum Gasteiger partial charge on any atom is 0.341 e. The number of nitrogens with one attached hydrogen (secondary N) is 1. The molecule has 2 saturated heterocycles. The summed E-state index contributed by atoms with van der Waals surface area (Å²) in [5, 5.41) is 11.6. The van der Waals surface area contributed by atoms with Crippen LogP contribution in [-0.4, -0.2) is 83.7 Å². The molecule has 2 aliphatic rings.